The van der Waals surface area contributed by atoms with E-state index in [1.54, 1.807) is 0 Å². The molecule has 1 aliphatic carbocycles. The molecule has 2 fully saturated rings. The van der Waals surface area contributed by atoms with Crippen LogP contribution in [0.2, 0.25) is 0 Å². The standard InChI is InChI=1S/C13H26N2O2S/c14-15-13(11-7-3-1-2-4-8-11)12-9-5-6-10-18(12,16)17/h11-13,15H,1-10,14H2. The molecule has 5 heteroatoms. The third kappa shape index (κ3) is 3.25. The first-order chi connectivity index (χ1) is 8.65. The molecule has 0 bridgehead atoms. The molecular formula is C13H26N2O2S. The lowest BCUT2D eigenvalue weighted by molar-refractivity contribution is 0.297. The molecule has 2 atom stereocenters. The first-order valence-electron chi connectivity index (χ1n) is 7.33. The van der Waals surface area contributed by atoms with Gasteiger partial charge in [-0.1, -0.05) is 32.1 Å². The summed E-state index contributed by atoms with van der Waals surface area (Å²) >= 11 is 0. The van der Waals surface area contributed by atoms with E-state index in [2.05, 4.69) is 5.43 Å². The molecule has 3 N–H and O–H groups in total. The monoisotopic (exact) mass is 274 g/mol. The Balaban J connectivity index is 2.10. The molecule has 2 rings (SSSR count). The van der Waals surface area contributed by atoms with Crippen molar-refractivity contribution in [2.45, 2.75) is 69.1 Å². The van der Waals surface area contributed by atoms with Crippen molar-refractivity contribution in [2.75, 3.05) is 5.75 Å². The molecule has 1 heterocycles. The molecule has 1 saturated heterocycles. The van der Waals surface area contributed by atoms with Crippen molar-refractivity contribution in [1.29, 1.82) is 0 Å². The third-order valence-electron chi connectivity index (χ3n) is 4.63. The molecule has 2 unspecified atom stereocenters. The molecule has 106 valence electrons. The number of sulfone groups is 1. The average molecular weight is 274 g/mol. The van der Waals surface area contributed by atoms with Gasteiger partial charge in [0, 0.05) is 6.04 Å². The molecule has 0 aromatic heterocycles. The number of hydrogen-bond acceptors (Lipinski definition) is 4. The van der Waals surface area contributed by atoms with E-state index >= 15 is 0 Å². The van der Waals surface area contributed by atoms with Gasteiger partial charge in [-0.2, -0.15) is 0 Å². The highest BCUT2D eigenvalue weighted by atomic mass is 32.2. The average Bonchev–Trinajstić information content (AvgIpc) is 2.61. The predicted octanol–water partition coefficient (Wildman–Crippen LogP) is 1.76. The Morgan fingerprint density at radius 3 is 2.11 bits per heavy atom. The van der Waals surface area contributed by atoms with E-state index in [-0.39, 0.29) is 11.3 Å². The van der Waals surface area contributed by atoms with Gasteiger partial charge in [0.2, 0.25) is 0 Å². The Labute approximate surface area is 111 Å². The van der Waals surface area contributed by atoms with Gasteiger partial charge in [-0.25, -0.2) is 8.42 Å². The second-order valence-electron chi connectivity index (χ2n) is 5.85. The molecule has 4 nitrogen and oxygen atoms in total. The Morgan fingerprint density at radius 1 is 0.944 bits per heavy atom. The van der Waals surface area contributed by atoms with Crippen molar-refractivity contribution in [3.63, 3.8) is 0 Å². The van der Waals surface area contributed by atoms with Gasteiger partial charge in [0.1, 0.15) is 0 Å². The molecule has 2 aliphatic rings. The zero-order chi connectivity index (χ0) is 13.0. The van der Waals surface area contributed by atoms with Gasteiger partial charge in [0.05, 0.1) is 11.0 Å². The summed E-state index contributed by atoms with van der Waals surface area (Å²) in [5.41, 5.74) is 2.85. The predicted molar refractivity (Wildman–Crippen MR) is 73.7 cm³/mol. The first kappa shape index (κ1) is 14.3. The quantitative estimate of drug-likeness (QED) is 0.467. The minimum absolute atomic E-state index is 0.0339. The molecule has 0 spiro atoms. The molecule has 18 heavy (non-hydrogen) atoms. The van der Waals surface area contributed by atoms with Crippen LogP contribution in [0.1, 0.15) is 57.8 Å². The van der Waals surface area contributed by atoms with E-state index in [4.69, 9.17) is 5.84 Å². The molecule has 1 saturated carbocycles. The lowest BCUT2D eigenvalue weighted by Gasteiger charge is -2.34. The Hall–Kier alpha value is -0.130. The van der Waals surface area contributed by atoms with Crippen molar-refractivity contribution in [1.82, 2.24) is 5.43 Å². The van der Waals surface area contributed by atoms with E-state index in [9.17, 15) is 8.42 Å². The highest BCUT2D eigenvalue weighted by Crippen LogP contribution is 2.32. The Bertz CT molecular complexity index is 348. The smallest absolute Gasteiger partial charge is 0.154 e. The van der Waals surface area contributed by atoms with E-state index in [1.165, 1.54) is 25.7 Å². The summed E-state index contributed by atoms with van der Waals surface area (Å²) in [6.45, 7) is 0. The van der Waals surface area contributed by atoms with Gasteiger partial charge in [-0.05, 0) is 31.6 Å². The topological polar surface area (TPSA) is 72.2 Å². The molecule has 1 aliphatic heterocycles. The van der Waals surface area contributed by atoms with Crippen LogP contribution in [-0.2, 0) is 9.84 Å². The zero-order valence-electron chi connectivity index (χ0n) is 11.1. The maximum atomic E-state index is 12.2. The minimum Gasteiger partial charge on any atom is -0.271 e. The normalized spacial score (nSPS) is 31.7. The fraction of sp³-hybridized carbons (Fsp3) is 1.00. The van der Waals surface area contributed by atoms with Crippen LogP contribution in [0, 0.1) is 5.92 Å². The summed E-state index contributed by atoms with van der Waals surface area (Å²) < 4.78 is 24.4. The van der Waals surface area contributed by atoms with Crippen molar-refractivity contribution >= 4 is 9.84 Å². The fourth-order valence-electron chi connectivity index (χ4n) is 3.60. The van der Waals surface area contributed by atoms with Crippen LogP contribution in [0.15, 0.2) is 0 Å². The van der Waals surface area contributed by atoms with Crippen LogP contribution in [0.3, 0.4) is 0 Å². The summed E-state index contributed by atoms with van der Waals surface area (Å²) in [6.07, 6.45) is 9.88. The van der Waals surface area contributed by atoms with Crippen LogP contribution in [0.4, 0.5) is 0 Å². The first-order valence-corrected chi connectivity index (χ1v) is 9.04. The largest absolute Gasteiger partial charge is 0.271 e. The zero-order valence-corrected chi connectivity index (χ0v) is 11.9. The lowest BCUT2D eigenvalue weighted by atomic mass is 9.88. The summed E-state index contributed by atoms with van der Waals surface area (Å²) in [6, 6.07) is -0.0339. The second-order valence-corrected chi connectivity index (χ2v) is 8.18. The van der Waals surface area contributed by atoms with Crippen molar-refractivity contribution in [3.8, 4) is 0 Å². The van der Waals surface area contributed by atoms with Crippen LogP contribution < -0.4 is 11.3 Å². The van der Waals surface area contributed by atoms with Crippen molar-refractivity contribution < 1.29 is 8.42 Å². The molecule has 0 radical (unpaired) electrons. The maximum absolute atomic E-state index is 12.2. The molecule has 0 amide bonds. The highest BCUT2D eigenvalue weighted by molar-refractivity contribution is 7.92. The van der Waals surface area contributed by atoms with Gasteiger partial charge in [0.25, 0.3) is 0 Å². The number of hydrogen-bond donors (Lipinski definition) is 2. The van der Waals surface area contributed by atoms with Crippen LogP contribution in [0.5, 0.6) is 0 Å². The lowest BCUT2D eigenvalue weighted by Crippen LogP contribution is -2.53. The minimum atomic E-state index is -2.94. The molecule has 0 aromatic rings. The number of rotatable bonds is 3. The van der Waals surface area contributed by atoms with Crippen LogP contribution >= 0.6 is 0 Å². The number of nitrogens with two attached hydrogens (primary N) is 1. The fourth-order valence-corrected chi connectivity index (χ4v) is 5.78. The van der Waals surface area contributed by atoms with Crippen LogP contribution in [-0.4, -0.2) is 25.5 Å². The van der Waals surface area contributed by atoms with E-state index in [0.29, 0.717) is 11.7 Å². The number of hydrazine groups is 1. The Morgan fingerprint density at radius 2 is 1.56 bits per heavy atom. The van der Waals surface area contributed by atoms with Gasteiger partial charge >= 0.3 is 0 Å². The van der Waals surface area contributed by atoms with E-state index in [0.717, 1.165) is 32.1 Å². The molecular weight excluding hydrogens is 248 g/mol. The van der Waals surface area contributed by atoms with Gasteiger partial charge in [-0.3, -0.25) is 11.3 Å². The van der Waals surface area contributed by atoms with Gasteiger partial charge < -0.3 is 0 Å². The second kappa shape index (κ2) is 6.35. The highest BCUT2D eigenvalue weighted by Gasteiger charge is 2.38. The summed E-state index contributed by atoms with van der Waals surface area (Å²) in [5.74, 6) is 6.48. The summed E-state index contributed by atoms with van der Waals surface area (Å²) in [5, 5.41) is -0.251. The van der Waals surface area contributed by atoms with Crippen LogP contribution in [0.25, 0.3) is 0 Å². The van der Waals surface area contributed by atoms with Crippen molar-refractivity contribution in [2.24, 2.45) is 11.8 Å². The van der Waals surface area contributed by atoms with Gasteiger partial charge in [0.15, 0.2) is 9.84 Å². The SMILES string of the molecule is NNC(C1CCCCCC1)C1CCCCS1(=O)=O. The maximum Gasteiger partial charge on any atom is 0.154 e. The van der Waals surface area contributed by atoms with Gasteiger partial charge in [-0.15, -0.1) is 0 Å². The summed E-state index contributed by atoms with van der Waals surface area (Å²) in [4.78, 5) is 0. The summed E-state index contributed by atoms with van der Waals surface area (Å²) in [7, 11) is -2.94. The van der Waals surface area contributed by atoms with Crippen molar-refractivity contribution in [3.05, 3.63) is 0 Å². The third-order valence-corrected chi connectivity index (χ3v) is 6.94. The number of nitrogens with one attached hydrogen (secondary N) is 1. The van der Waals surface area contributed by atoms with E-state index < -0.39 is 9.84 Å². The molecule has 0 aromatic carbocycles. The van der Waals surface area contributed by atoms with E-state index in [1.807, 2.05) is 0 Å². The Kier molecular flexibility index (Phi) is 5.04.